The fraction of sp³-hybridized carbons (Fsp3) is 0.250. The van der Waals surface area contributed by atoms with Crippen LogP contribution in [-0.4, -0.2) is 95.2 Å². The summed E-state index contributed by atoms with van der Waals surface area (Å²) < 4.78 is 17.8. The van der Waals surface area contributed by atoms with Gasteiger partial charge in [-0.3, -0.25) is 19.3 Å². The van der Waals surface area contributed by atoms with Crippen molar-refractivity contribution >= 4 is 29.4 Å². The van der Waals surface area contributed by atoms with Crippen LogP contribution >= 0.6 is 0 Å². The molecule has 13 heteroatoms. The molecule has 5 heterocycles. The highest BCUT2D eigenvalue weighted by Gasteiger charge is 2.74. The van der Waals surface area contributed by atoms with Crippen molar-refractivity contribution in [2.75, 3.05) is 56.7 Å². The Morgan fingerprint density at radius 3 is 2.09 bits per heavy atom. The Morgan fingerprint density at radius 2 is 1.42 bits per heavy atom. The van der Waals surface area contributed by atoms with E-state index < -0.39 is 47.4 Å². The fourth-order valence-corrected chi connectivity index (χ4v) is 10.2. The van der Waals surface area contributed by atoms with Crippen molar-refractivity contribution < 1.29 is 33.7 Å². The summed E-state index contributed by atoms with van der Waals surface area (Å²) in [4.78, 5) is 61.7. The van der Waals surface area contributed by atoms with Crippen molar-refractivity contribution in [1.82, 2.24) is 19.8 Å². The number of aliphatic hydroxyl groups excluding tert-OH is 1. The van der Waals surface area contributed by atoms with E-state index in [4.69, 9.17) is 14.2 Å². The van der Waals surface area contributed by atoms with Crippen molar-refractivity contribution in [1.29, 1.82) is 0 Å². The van der Waals surface area contributed by atoms with E-state index in [0.717, 1.165) is 16.7 Å². The Labute approximate surface area is 376 Å². The molecule has 2 amide bonds. The molecule has 6 atom stereocenters. The molecule has 0 saturated carbocycles. The molecule has 1 aromatic heterocycles. The molecule has 0 bridgehead atoms. The van der Waals surface area contributed by atoms with Gasteiger partial charge in [0.1, 0.15) is 35.7 Å². The van der Waals surface area contributed by atoms with E-state index in [1.807, 2.05) is 120 Å². The summed E-state index contributed by atoms with van der Waals surface area (Å²) in [5, 5.41) is 12.7. The van der Waals surface area contributed by atoms with Gasteiger partial charge in [-0.25, -0.2) is 9.97 Å². The van der Waals surface area contributed by atoms with Crippen LogP contribution in [0.15, 0.2) is 146 Å². The lowest BCUT2D eigenvalue weighted by molar-refractivity contribution is -0.179. The number of anilines is 2. The number of fused-ring (bicyclic) bond motifs is 3. The lowest BCUT2D eigenvalue weighted by Crippen LogP contribution is -2.58. The van der Waals surface area contributed by atoms with Crippen LogP contribution in [0, 0.1) is 17.8 Å². The fourth-order valence-electron chi connectivity index (χ4n) is 10.2. The zero-order chi connectivity index (χ0) is 44.5. The molecular formula is C52H46N6O7. The second-order valence-corrected chi connectivity index (χ2v) is 16.5. The molecule has 4 aliphatic heterocycles. The maximum Gasteiger partial charge on any atom is 0.324 e. The van der Waals surface area contributed by atoms with E-state index in [1.165, 1.54) is 0 Å². The van der Waals surface area contributed by atoms with E-state index in [-0.39, 0.29) is 19.1 Å². The Kier molecular flexibility index (Phi) is 11.2. The summed E-state index contributed by atoms with van der Waals surface area (Å²) in [5.74, 6) is 5.78. The maximum absolute atomic E-state index is 15.9. The topological polar surface area (TPSA) is 147 Å². The van der Waals surface area contributed by atoms with Gasteiger partial charge in [0.2, 0.25) is 17.8 Å². The number of esters is 1. The normalized spacial score (nSPS) is 23.4. The molecule has 0 unspecified atom stereocenters. The van der Waals surface area contributed by atoms with Gasteiger partial charge in [-0.1, -0.05) is 84.6 Å². The van der Waals surface area contributed by atoms with Gasteiger partial charge >= 0.3 is 5.97 Å². The van der Waals surface area contributed by atoms with Crippen molar-refractivity contribution in [2.45, 2.75) is 29.6 Å². The van der Waals surface area contributed by atoms with E-state index in [0.29, 0.717) is 66.0 Å². The lowest BCUT2D eigenvalue weighted by atomic mass is 9.65. The monoisotopic (exact) mass is 866 g/mol. The van der Waals surface area contributed by atoms with Crippen LogP contribution in [-0.2, 0) is 24.5 Å². The molecule has 4 aliphatic rings. The number of piperazine rings is 1. The third kappa shape index (κ3) is 7.40. The third-order valence-electron chi connectivity index (χ3n) is 13.0. The Morgan fingerprint density at radius 1 is 0.769 bits per heavy atom. The van der Waals surface area contributed by atoms with Crippen LogP contribution in [0.5, 0.6) is 11.5 Å². The number of hydrogen-bond donors (Lipinski definition) is 2. The molecule has 5 aromatic carbocycles. The van der Waals surface area contributed by atoms with Crippen LogP contribution in [0.2, 0.25) is 0 Å². The number of morpholine rings is 1. The van der Waals surface area contributed by atoms with Gasteiger partial charge in [0, 0.05) is 55.4 Å². The second kappa shape index (κ2) is 17.6. The van der Waals surface area contributed by atoms with Crippen molar-refractivity contribution in [3.8, 4) is 23.3 Å². The average molecular weight is 867 g/mol. The summed E-state index contributed by atoms with van der Waals surface area (Å²) in [5.41, 5.74) is 3.12. The number of hydrogen-bond acceptors (Lipinski definition) is 11. The molecule has 1 spiro atoms. The number of carbonyl (C=O) groups excluding carboxylic acids is 3. The average Bonchev–Trinajstić information content (AvgIpc) is 3.84. The standard InChI is InChI=1S/C52H46N6O7/c1-63-39-20-15-34(16-21-39)13-14-35-17-24-42-41(33-35)52(50(62)55-42)43(48(60)56-27-29-57(30-28-56)51-53-25-8-26-54-51)45-49(61)65-46(37-11-6-3-7-12-37)44(36-9-4-2-5-10-36)58(45)47(52)38-18-22-40(23-19-38)64-32-31-59/h2-12,15-26,33,43-47,59H,27-32H2,1H3,(H,55,62)/t43-,44-,45-,46+,47+,52-/m0/s1. The van der Waals surface area contributed by atoms with E-state index in [9.17, 15) is 5.11 Å². The predicted molar refractivity (Wildman–Crippen MR) is 242 cm³/mol. The third-order valence-corrected chi connectivity index (χ3v) is 13.0. The first-order valence-electron chi connectivity index (χ1n) is 21.7. The number of methoxy groups -OCH3 is 1. The molecule has 3 fully saturated rings. The van der Waals surface area contributed by atoms with Gasteiger partial charge in [0.15, 0.2) is 0 Å². The second-order valence-electron chi connectivity index (χ2n) is 16.5. The minimum Gasteiger partial charge on any atom is -0.497 e. The first-order valence-corrected chi connectivity index (χ1v) is 21.7. The number of ether oxygens (including phenoxy) is 3. The van der Waals surface area contributed by atoms with E-state index >= 15 is 14.4 Å². The number of aromatic nitrogens is 2. The summed E-state index contributed by atoms with van der Waals surface area (Å²) in [7, 11) is 1.61. The van der Waals surface area contributed by atoms with Gasteiger partial charge in [0.05, 0.1) is 31.7 Å². The molecule has 2 N–H and O–H groups in total. The van der Waals surface area contributed by atoms with Gasteiger partial charge < -0.3 is 34.4 Å². The number of aliphatic hydroxyl groups is 1. The Hall–Kier alpha value is -7.53. The van der Waals surface area contributed by atoms with Gasteiger partial charge in [0.25, 0.3) is 0 Å². The van der Waals surface area contributed by atoms with Crippen molar-refractivity contribution in [2.24, 2.45) is 5.92 Å². The highest BCUT2D eigenvalue weighted by Crippen LogP contribution is 2.65. The zero-order valence-electron chi connectivity index (χ0n) is 35.6. The highest BCUT2D eigenvalue weighted by molar-refractivity contribution is 6.12. The SMILES string of the molecule is COc1ccc(C#Cc2ccc3c(c2)[C@]2(C(=O)N3)[C@H](C(=O)N3CCN(c4ncccn4)CC3)[C@H]3C(=O)O[C@H](c4ccccc4)[C@H](c4ccccc4)N3[C@@H]2c2ccc(OCCO)cc2)cc1. The number of amides is 2. The number of benzene rings is 5. The number of rotatable bonds is 9. The minimum absolute atomic E-state index is 0.0952. The molecule has 65 heavy (non-hydrogen) atoms. The quantitative estimate of drug-likeness (QED) is 0.133. The van der Waals surface area contributed by atoms with Gasteiger partial charge in [-0.05, 0) is 82.9 Å². The van der Waals surface area contributed by atoms with Gasteiger partial charge in [-0.2, -0.15) is 0 Å². The molecule has 6 aromatic rings. The summed E-state index contributed by atoms with van der Waals surface area (Å²) in [6, 6.07) is 38.8. The lowest BCUT2D eigenvalue weighted by Gasteiger charge is -2.46. The molecule has 3 saturated heterocycles. The predicted octanol–water partition coefficient (Wildman–Crippen LogP) is 5.88. The molecular weight excluding hydrogens is 821 g/mol. The van der Waals surface area contributed by atoms with Crippen molar-refractivity contribution in [3.63, 3.8) is 0 Å². The number of nitrogens with one attached hydrogen (secondary N) is 1. The largest absolute Gasteiger partial charge is 0.497 e. The minimum atomic E-state index is -1.68. The Bertz CT molecular complexity index is 2760. The summed E-state index contributed by atoms with van der Waals surface area (Å²) >= 11 is 0. The van der Waals surface area contributed by atoms with Gasteiger partial charge in [-0.15, -0.1) is 0 Å². The van der Waals surface area contributed by atoms with E-state index in [2.05, 4.69) is 32.0 Å². The molecule has 13 nitrogen and oxygen atoms in total. The van der Waals surface area contributed by atoms with Crippen LogP contribution in [0.25, 0.3) is 0 Å². The first-order chi connectivity index (χ1) is 31.9. The zero-order valence-corrected chi connectivity index (χ0v) is 35.6. The van der Waals surface area contributed by atoms with Crippen LogP contribution in [0.1, 0.15) is 51.6 Å². The maximum atomic E-state index is 15.9. The number of carbonyl (C=O) groups is 3. The molecule has 10 rings (SSSR count). The Balaban J connectivity index is 1.18. The number of nitrogens with zero attached hydrogens (tertiary/aromatic N) is 5. The summed E-state index contributed by atoms with van der Waals surface area (Å²) in [6.07, 6.45) is 2.58. The number of cyclic esters (lactones) is 1. The van der Waals surface area contributed by atoms with E-state index in [1.54, 1.807) is 42.6 Å². The van der Waals surface area contributed by atoms with Crippen LogP contribution in [0.4, 0.5) is 11.6 Å². The van der Waals surface area contributed by atoms with Crippen LogP contribution < -0.4 is 19.7 Å². The molecule has 0 radical (unpaired) electrons. The first kappa shape index (κ1) is 41.5. The van der Waals surface area contributed by atoms with Crippen LogP contribution in [0.3, 0.4) is 0 Å². The van der Waals surface area contributed by atoms with Crippen molar-refractivity contribution in [3.05, 3.63) is 179 Å². The summed E-state index contributed by atoms with van der Waals surface area (Å²) in [6.45, 7) is 1.44. The highest BCUT2D eigenvalue weighted by atomic mass is 16.6. The smallest absolute Gasteiger partial charge is 0.324 e. The molecule has 0 aliphatic carbocycles. The molecule has 326 valence electrons.